The number of hydrogen-bond acceptors (Lipinski definition) is 8. The SMILES string of the molecule is COc1ccc(-n2nnnc2C(F)(F)F)c(OC)c1CN1CCN(Cc2cnn(C)c2)[C@H](C(c2ccccc2)c2ccccc2)C1.Cl.Cl. The molecule has 1 saturated heterocycles. The Balaban J connectivity index is 0.00000260. The summed E-state index contributed by atoms with van der Waals surface area (Å²) >= 11 is 0. The van der Waals surface area contributed by atoms with Gasteiger partial charge >= 0.3 is 6.18 Å². The lowest BCUT2D eigenvalue weighted by Gasteiger charge is -2.45. The van der Waals surface area contributed by atoms with E-state index in [1.807, 2.05) is 36.3 Å². The molecular weight excluding hydrogens is 668 g/mol. The van der Waals surface area contributed by atoms with Crippen LogP contribution in [-0.2, 0) is 26.3 Å². The van der Waals surface area contributed by atoms with Crippen LogP contribution in [0.15, 0.2) is 85.2 Å². The van der Waals surface area contributed by atoms with Gasteiger partial charge in [-0.15, -0.1) is 29.9 Å². The van der Waals surface area contributed by atoms with Crippen molar-refractivity contribution in [3.05, 3.63) is 113 Å². The number of tetrazole rings is 1. The number of nitrogens with zero attached hydrogens (tertiary/aromatic N) is 8. The minimum atomic E-state index is -4.75. The number of aromatic nitrogens is 6. The van der Waals surface area contributed by atoms with Crippen LogP contribution in [0.2, 0.25) is 0 Å². The van der Waals surface area contributed by atoms with Crippen molar-refractivity contribution in [1.29, 1.82) is 0 Å². The Labute approximate surface area is 289 Å². The Bertz CT molecular complexity index is 1720. The fourth-order valence-electron chi connectivity index (χ4n) is 6.39. The highest BCUT2D eigenvalue weighted by atomic mass is 35.5. The summed E-state index contributed by atoms with van der Waals surface area (Å²) in [5.41, 5.74) is 4.22. The molecule has 10 nitrogen and oxygen atoms in total. The number of ether oxygens (including phenoxy) is 2. The summed E-state index contributed by atoms with van der Waals surface area (Å²) in [4.78, 5) is 4.80. The molecule has 0 radical (unpaired) electrons. The van der Waals surface area contributed by atoms with Gasteiger partial charge in [-0.3, -0.25) is 14.5 Å². The molecule has 3 heterocycles. The first kappa shape index (κ1) is 36.7. The molecule has 1 aliphatic rings. The number of rotatable bonds is 10. The van der Waals surface area contributed by atoms with Gasteiger partial charge < -0.3 is 9.47 Å². The van der Waals surface area contributed by atoms with Crippen molar-refractivity contribution in [2.75, 3.05) is 33.9 Å². The second-order valence-corrected chi connectivity index (χ2v) is 11.3. The summed E-state index contributed by atoms with van der Waals surface area (Å²) in [5, 5.41) is 14.6. The van der Waals surface area contributed by atoms with E-state index in [1.165, 1.54) is 31.4 Å². The molecule has 1 atom stereocenters. The van der Waals surface area contributed by atoms with Gasteiger partial charge in [-0.05, 0) is 33.7 Å². The maximum Gasteiger partial charge on any atom is 0.453 e. The quantitative estimate of drug-likeness (QED) is 0.181. The van der Waals surface area contributed by atoms with Crippen LogP contribution in [0.5, 0.6) is 11.5 Å². The molecule has 5 aromatic rings. The zero-order valence-corrected chi connectivity index (χ0v) is 28.3. The highest BCUT2D eigenvalue weighted by Crippen LogP contribution is 2.39. The third-order valence-corrected chi connectivity index (χ3v) is 8.42. The molecule has 256 valence electrons. The third-order valence-electron chi connectivity index (χ3n) is 8.42. The zero-order chi connectivity index (χ0) is 32.3. The van der Waals surface area contributed by atoms with Gasteiger partial charge in [0.2, 0.25) is 0 Å². The topological polar surface area (TPSA) is 86.4 Å². The molecule has 0 spiro atoms. The van der Waals surface area contributed by atoms with Gasteiger partial charge in [0.05, 0.1) is 26.0 Å². The average molecular weight is 706 g/mol. The van der Waals surface area contributed by atoms with Gasteiger partial charge in [0.25, 0.3) is 5.82 Å². The van der Waals surface area contributed by atoms with E-state index in [0.29, 0.717) is 35.6 Å². The highest BCUT2D eigenvalue weighted by molar-refractivity contribution is 5.85. The molecule has 3 aromatic carbocycles. The third kappa shape index (κ3) is 7.75. The zero-order valence-electron chi connectivity index (χ0n) is 26.6. The smallest absolute Gasteiger partial charge is 0.453 e. The van der Waals surface area contributed by atoms with Gasteiger partial charge in [0.15, 0.2) is 5.75 Å². The summed E-state index contributed by atoms with van der Waals surface area (Å²) in [6.07, 6.45) is -0.811. The number of alkyl halides is 3. The van der Waals surface area contributed by atoms with E-state index in [9.17, 15) is 13.2 Å². The molecule has 0 bridgehead atoms. The fraction of sp³-hybridized carbons (Fsp3) is 0.333. The number of hydrogen-bond donors (Lipinski definition) is 0. The number of piperazine rings is 1. The first-order valence-corrected chi connectivity index (χ1v) is 14.9. The average Bonchev–Trinajstić information content (AvgIpc) is 3.72. The van der Waals surface area contributed by atoms with E-state index in [-0.39, 0.29) is 48.2 Å². The van der Waals surface area contributed by atoms with Crippen molar-refractivity contribution in [3.63, 3.8) is 0 Å². The fourth-order valence-corrected chi connectivity index (χ4v) is 6.39. The number of halogens is 5. The van der Waals surface area contributed by atoms with E-state index in [2.05, 4.69) is 79.0 Å². The minimum Gasteiger partial charge on any atom is -0.496 e. The number of methoxy groups -OCH3 is 2. The Hall–Kier alpha value is -4.17. The van der Waals surface area contributed by atoms with Crippen molar-refractivity contribution in [3.8, 4) is 17.2 Å². The molecule has 0 unspecified atom stereocenters. The Morgan fingerprint density at radius 3 is 2.10 bits per heavy atom. The first-order chi connectivity index (χ1) is 22.3. The largest absolute Gasteiger partial charge is 0.496 e. The van der Waals surface area contributed by atoms with Crippen molar-refractivity contribution >= 4 is 24.8 Å². The van der Waals surface area contributed by atoms with Gasteiger partial charge in [0, 0.05) is 63.5 Å². The van der Waals surface area contributed by atoms with Gasteiger partial charge in [-0.1, -0.05) is 60.7 Å². The molecule has 2 aromatic heterocycles. The maximum absolute atomic E-state index is 13.8. The van der Waals surface area contributed by atoms with Gasteiger partial charge in [0.1, 0.15) is 11.4 Å². The van der Waals surface area contributed by atoms with E-state index < -0.39 is 12.0 Å². The molecule has 0 amide bonds. The summed E-state index contributed by atoms with van der Waals surface area (Å²) in [6.45, 7) is 3.23. The predicted molar refractivity (Wildman–Crippen MR) is 179 cm³/mol. The van der Waals surface area contributed by atoms with Crippen LogP contribution in [0.25, 0.3) is 5.69 Å². The molecule has 6 rings (SSSR count). The standard InChI is InChI=1S/C33H35F3N8O2.2ClH/c1-41-19-23(18-37-41)20-43-17-16-42(22-28(43)30(24-10-6-4-7-11-24)25-12-8-5-9-13-25)21-26-29(45-2)15-14-27(31(26)46-3)44-32(33(34,35)36)38-39-40-44;;/h4-15,18-19,28,30H,16-17,20-22H2,1-3H3;2*1H/t28-;;/m0../s1. The molecule has 1 aliphatic heterocycles. The lowest BCUT2D eigenvalue weighted by Crippen LogP contribution is -2.54. The second-order valence-electron chi connectivity index (χ2n) is 11.3. The summed E-state index contributed by atoms with van der Waals surface area (Å²) < 4.78 is 55.2. The molecule has 0 aliphatic carbocycles. The molecule has 0 saturated carbocycles. The lowest BCUT2D eigenvalue weighted by molar-refractivity contribution is -0.146. The van der Waals surface area contributed by atoms with Gasteiger partial charge in [-0.2, -0.15) is 23.0 Å². The Kier molecular flexibility index (Phi) is 12.1. The van der Waals surface area contributed by atoms with Crippen LogP contribution in [0.1, 0.15) is 34.0 Å². The first-order valence-electron chi connectivity index (χ1n) is 14.9. The Morgan fingerprint density at radius 2 is 1.54 bits per heavy atom. The number of aryl methyl sites for hydroxylation is 1. The molecule has 0 N–H and O–H groups in total. The van der Waals surface area contributed by atoms with E-state index in [0.717, 1.165) is 18.7 Å². The van der Waals surface area contributed by atoms with Crippen LogP contribution in [0.3, 0.4) is 0 Å². The second kappa shape index (κ2) is 15.8. The number of benzene rings is 3. The molecule has 15 heteroatoms. The van der Waals surface area contributed by atoms with E-state index in [4.69, 9.17) is 9.47 Å². The normalized spacial score (nSPS) is 15.5. The Morgan fingerprint density at radius 1 is 0.875 bits per heavy atom. The van der Waals surface area contributed by atoms with Crippen LogP contribution in [0.4, 0.5) is 13.2 Å². The van der Waals surface area contributed by atoms with Crippen molar-refractivity contribution in [2.24, 2.45) is 7.05 Å². The van der Waals surface area contributed by atoms with Crippen LogP contribution >= 0.6 is 24.8 Å². The van der Waals surface area contributed by atoms with Crippen molar-refractivity contribution in [1.82, 2.24) is 39.8 Å². The minimum absolute atomic E-state index is 0. The lowest BCUT2D eigenvalue weighted by atomic mass is 9.83. The van der Waals surface area contributed by atoms with E-state index in [1.54, 1.807) is 6.07 Å². The van der Waals surface area contributed by atoms with Crippen LogP contribution in [0, 0.1) is 0 Å². The molecule has 1 fully saturated rings. The van der Waals surface area contributed by atoms with Gasteiger partial charge in [-0.25, -0.2) is 0 Å². The van der Waals surface area contributed by atoms with Crippen LogP contribution in [-0.4, -0.2) is 79.7 Å². The summed E-state index contributed by atoms with van der Waals surface area (Å²) in [5.74, 6) is -0.472. The predicted octanol–water partition coefficient (Wildman–Crippen LogP) is 5.79. The van der Waals surface area contributed by atoms with Crippen LogP contribution < -0.4 is 9.47 Å². The highest BCUT2D eigenvalue weighted by Gasteiger charge is 2.40. The van der Waals surface area contributed by atoms with E-state index >= 15 is 0 Å². The van der Waals surface area contributed by atoms with Crippen molar-refractivity contribution in [2.45, 2.75) is 31.2 Å². The summed E-state index contributed by atoms with van der Waals surface area (Å²) in [7, 11) is 4.87. The summed E-state index contributed by atoms with van der Waals surface area (Å²) in [6, 6.07) is 24.1. The van der Waals surface area contributed by atoms with Crippen molar-refractivity contribution < 1.29 is 22.6 Å². The maximum atomic E-state index is 13.8. The molecular formula is C33H37Cl2F3N8O2. The monoisotopic (exact) mass is 704 g/mol. The molecule has 48 heavy (non-hydrogen) atoms.